The van der Waals surface area contributed by atoms with Gasteiger partial charge in [-0.05, 0) is 75.7 Å². The van der Waals surface area contributed by atoms with Crippen molar-refractivity contribution in [1.29, 1.82) is 0 Å². The van der Waals surface area contributed by atoms with Gasteiger partial charge in [0.15, 0.2) is 11.5 Å². The van der Waals surface area contributed by atoms with Crippen molar-refractivity contribution in [3.63, 3.8) is 0 Å². The Balaban J connectivity index is 1.58. The smallest absolute Gasteiger partial charge is 0.298 e. The SMILES string of the molecule is COc1cc(/C=C2\SC(=O)N(c3ccccc3)C2=O)cc(Br)c1OCc1ccc(Cl)cc1Cl. The van der Waals surface area contributed by atoms with Gasteiger partial charge in [-0.1, -0.05) is 47.5 Å². The molecule has 9 heteroatoms. The minimum atomic E-state index is -0.371. The quantitative estimate of drug-likeness (QED) is 0.289. The molecule has 1 heterocycles. The van der Waals surface area contributed by atoms with Crippen LogP contribution in [0.5, 0.6) is 11.5 Å². The van der Waals surface area contributed by atoms with Crippen molar-refractivity contribution < 1.29 is 19.1 Å². The van der Waals surface area contributed by atoms with E-state index in [9.17, 15) is 9.59 Å². The normalized spacial score (nSPS) is 14.8. The maximum Gasteiger partial charge on any atom is 0.298 e. The average Bonchev–Trinajstić information content (AvgIpc) is 3.07. The highest BCUT2D eigenvalue weighted by Gasteiger charge is 2.36. The fraction of sp³-hybridized carbons (Fsp3) is 0.0833. The summed E-state index contributed by atoms with van der Waals surface area (Å²) in [5, 5.41) is 0.704. The highest BCUT2D eigenvalue weighted by molar-refractivity contribution is 9.10. The van der Waals surface area contributed by atoms with Gasteiger partial charge in [-0.3, -0.25) is 9.59 Å². The molecule has 0 atom stereocenters. The van der Waals surface area contributed by atoms with E-state index in [1.165, 1.54) is 7.11 Å². The fourth-order valence-corrected chi connectivity index (χ4v) is 5.05. The summed E-state index contributed by atoms with van der Waals surface area (Å²) in [5.41, 5.74) is 1.98. The maximum absolute atomic E-state index is 12.9. The predicted molar refractivity (Wildman–Crippen MR) is 136 cm³/mol. The Morgan fingerprint density at radius 3 is 2.52 bits per heavy atom. The summed E-state index contributed by atoms with van der Waals surface area (Å²) in [6.07, 6.45) is 1.65. The monoisotopic (exact) mass is 563 g/mol. The van der Waals surface area contributed by atoms with E-state index >= 15 is 0 Å². The zero-order valence-corrected chi connectivity index (χ0v) is 21.1. The van der Waals surface area contributed by atoms with Gasteiger partial charge in [-0.2, -0.15) is 0 Å². The predicted octanol–water partition coefficient (Wildman–Crippen LogP) is 7.58. The summed E-state index contributed by atoms with van der Waals surface area (Å²) >= 11 is 16.6. The number of thioether (sulfide) groups is 1. The molecule has 3 aromatic carbocycles. The van der Waals surface area contributed by atoms with Gasteiger partial charge in [-0.25, -0.2) is 4.90 Å². The fourth-order valence-electron chi connectivity index (χ4n) is 3.17. The number of halogens is 3. The molecule has 0 spiro atoms. The van der Waals surface area contributed by atoms with E-state index in [1.54, 1.807) is 60.7 Å². The zero-order valence-electron chi connectivity index (χ0n) is 17.2. The molecule has 3 aromatic rings. The lowest BCUT2D eigenvalue weighted by molar-refractivity contribution is -0.113. The first-order valence-electron chi connectivity index (χ1n) is 9.64. The molecular weight excluding hydrogens is 549 g/mol. The zero-order chi connectivity index (χ0) is 23.5. The third kappa shape index (κ3) is 5.22. The minimum absolute atomic E-state index is 0.209. The summed E-state index contributed by atoms with van der Waals surface area (Å²) in [6, 6.07) is 17.5. The summed E-state index contributed by atoms with van der Waals surface area (Å²) in [4.78, 5) is 26.8. The number of hydrogen-bond donors (Lipinski definition) is 0. The molecule has 2 amide bonds. The van der Waals surface area contributed by atoms with E-state index in [1.807, 2.05) is 6.07 Å². The molecule has 1 aliphatic rings. The van der Waals surface area contributed by atoms with E-state index in [4.69, 9.17) is 32.7 Å². The number of methoxy groups -OCH3 is 1. The highest BCUT2D eigenvalue weighted by atomic mass is 79.9. The van der Waals surface area contributed by atoms with E-state index in [-0.39, 0.29) is 17.8 Å². The molecule has 0 bridgehead atoms. The second kappa shape index (κ2) is 10.2. The van der Waals surface area contributed by atoms with Crippen LogP contribution < -0.4 is 14.4 Å². The average molecular weight is 565 g/mol. The molecule has 1 fully saturated rings. The van der Waals surface area contributed by atoms with Gasteiger partial charge in [0.2, 0.25) is 0 Å². The van der Waals surface area contributed by atoms with Crippen LogP contribution in [0.4, 0.5) is 10.5 Å². The summed E-state index contributed by atoms with van der Waals surface area (Å²) in [6.45, 7) is 0.209. The molecule has 168 valence electrons. The van der Waals surface area contributed by atoms with Crippen LogP contribution in [-0.4, -0.2) is 18.3 Å². The van der Waals surface area contributed by atoms with Crippen molar-refractivity contribution in [1.82, 2.24) is 0 Å². The van der Waals surface area contributed by atoms with Crippen LogP contribution in [-0.2, 0) is 11.4 Å². The number of ether oxygens (including phenoxy) is 2. The number of imide groups is 1. The molecule has 0 aromatic heterocycles. The second-order valence-corrected chi connectivity index (χ2v) is 9.60. The molecule has 0 saturated carbocycles. The number of rotatable bonds is 6. The van der Waals surface area contributed by atoms with Gasteiger partial charge in [0.05, 0.1) is 22.2 Å². The van der Waals surface area contributed by atoms with Crippen LogP contribution in [0.3, 0.4) is 0 Å². The standard InChI is InChI=1S/C24H16BrCl2NO4S/c1-31-20-10-14(9-18(25)22(20)32-13-15-7-8-16(26)12-19(15)27)11-21-23(29)28(24(30)33-21)17-5-3-2-4-6-17/h2-12H,13H2,1H3/b21-11-. The van der Waals surface area contributed by atoms with Crippen LogP contribution in [0.1, 0.15) is 11.1 Å². The number of hydrogen-bond acceptors (Lipinski definition) is 5. The van der Waals surface area contributed by atoms with Gasteiger partial charge in [0.25, 0.3) is 11.1 Å². The summed E-state index contributed by atoms with van der Waals surface area (Å²) < 4.78 is 12.1. The highest BCUT2D eigenvalue weighted by Crippen LogP contribution is 2.40. The van der Waals surface area contributed by atoms with Crippen molar-refractivity contribution >= 4 is 73.8 Å². The number of carbonyl (C=O) groups is 2. The Kier molecular flexibility index (Phi) is 7.34. The van der Waals surface area contributed by atoms with Crippen LogP contribution in [0.15, 0.2) is 70.0 Å². The molecule has 0 radical (unpaired) electrons. The number of anilines is 1. The molecule has 0 unspecified atom stereocenters. The molecule has 4 rings (SSSR count). The topological polar surface area (TPSA) is 55.8 Å². The summed E-state index contributed by atoms with van der Waals surface area (Å²) in [5.74, 6) is 0.574. The van der Waals surface area contributed by atoms with E-state index in [0.717, 1.165) is 22.2 Å². The van der Waals surface area contributed by atoms with Crippen molar-refractivity contribution in [2.75, 3.05) is 12.0 Å². The molecule has 33 heavy (non-hydrogen) atoms. The van der Waals surface area contributed by atoms with Crippen molar-refractivity contribution in [3.05, 3.63) is 91.2 Å². The Morgan fingerprint density at radius 2 is 1.82 bits per heavy atom. The van der Waals surface area contributed by atoms with Gasteiger partial charge in [-0.15, -0.1) is 0 Å². The Hall–Kier alpha value is -2.45. The Bertz CT molecular complexity index is 1270. The molecule has 1 aliphatic heterocycles. The van der Waals surface area contributed by atoms with E-state index < -0.39 is 0 Å². The van der Waals surface area contributed by atoms with E-state index in [2.05, 4.69) is 15.9 Å². The van der Waals surface area contributed by atoms with Crippen LogP contribution in [0.2, 0.25) is 10.0 Å². The summed E-state index contributed by atoms with van der Waals surface area (Å²) in [7, 11) is 1.52. The van der Waals surface area contributed by atoms with Crippen LogP contribution in [0.25, 0.3) is 6.08 Å². The third-order valence-corrected chi connectivity index (χ3v) is 6.79. The molecule has 0 N–H and O–H groups in total. The number of amides is 2. The molecular formula is C24H16BrCl2NO4S. The van der Waals surface area contributed by atoms with Crippen molar-refractivity contribution in [3.8, 4) is 11.5 Å². The number of para-hydroxylation sites is 1. The van der Waals surface area contributed by atoms with Gasteiger partial charge < -0.3 is 9.47 Å². The molecule has 5 nitrogen and oxygen atoms in total. The molecule has 1 saturated heterocycles. The third-order valence-electron chi connectivity index (χ3n) is 4.74. The number of benzene rings is 3. The first kappa shape index (κ1) is 23.7. The number of carbonyl (C=O) groups excluding carboxylic acids is 2. The Labute approximate surface area is 213 Å². The Morgan fingerprint density at radius 1 is 1.06 bits per heavy atom. The van der Waals surface area contributed by atoms with Crippen LogP contribution in [0, 0.1) is 0 Å². The lowest BCUT2D eigenvalue weighted by Gasteiger charge is -2.14. The largest absolute Gasteiger partial charge is 0.493 e. The lowest BCUT2D eigenvalue weighted by Crippen LogP contribution is -2.27. The van der Waals surface area contributed by atoms with Gasteiger partial charge in [0, 0.05) is 15.6 Å². The first-order valence-corrected chi connectivity index (χ1v) is 12.0. The maximum atomic E-state index is 12.9. The van der Waals surface area contributed by atoms with Crippen molar-refractivity contribution in [2.24, 2.45) is 0 Å². The van der Waals surface area contributed by atoms with Crippen molar-refractivity contribution in [2.45, 2.75) is 6.61 Å². The van der Waals surface area contributed by atoms with Gasteiger partial charge in [0.1, 0.15) is 6.61 Å². The lowest BCUT2D eigenvalue weighted by atomic mass is 10.1. The van der Waals surface area contributed by atoms with E-state index in [0.29, 0.717) is 42.2 Å². The second-order valence-electron chi connectivity index (χ2n) is 6.91. The molecule has 0 aliphatic carbocycles. The van der Waals surface area contributed by atoms with Gasteiger partial charge >= 0.3 is 0 Å². The minimum Gasteiger partial charge on any atom is -0.493 e. The first-order chi connectivity index (χ1) is 15.9. The van der Waals surface area contributed by atoms with Crippen LogP contribution >= 0.6 is 50.9 Å². The number of nitrogens with zero attached hydrogens (tertiary/aromatic N) is 1.